The summed E-state index contributed by atoms with van der Waals surface area (Å²) in [6.07, 6.45) is 1.87. The van der Waals surface area contributed by atoms with E-state index in [1.807, 2.05) is 43.6 Å². The van der Waals surface area contributed by atoms with Crippen molar-refractivity contribution < 1.29 is 4.74 Å². The fraction of sp³-hybridized carbons (Fsp3) is 0.167. The lowest BCUT2D eigenvalue weighted by molar-refractivity contribution is 0.299. The van der Waals surface area contributed by atoms with Crippen LogP contribution in [0.1, 0.15) is 11.3 Å². The maximum atomic E-state index is 5.65. The van der Waals surface area contributed by atoms with E-state index in [0.29, 0.717) is 17.3 Å². The molecular weight excluding hydrogens is 234 g/mol. The van der Waals surface area contributed by atoms with Gasteiger partial charge >= 0.3 is 0 Å². The number of ether oxygens (including phenoxy) is 1. The van der Waals surface area contributed by atoms with E-state index in [1.165, 1.54) is 0 Å². The van der Waals surface area contributed by atoms with Crippen molar-refractivity contribution in [3.8, 4) is 5.75 Å². The molecule has 0 unspecified atom stereocenters. The second kappa shape index (κ2) is 4.97. The number of para-hydroxylation sites is 1. The number of aromatic nitrogens is 2. The first-order chi connectivity index (χ1) is 8.16. The zero-order chi connectivity index (χ0) is 12.3. The van der Waals surface area contributed by atoms with E-state index in [0.717, 1.165) is 11.3 Å². The molecule has 1 heterocycles. The van der Waals surface area contributed by atoms with E-state index in [1.54, 1.807) is 4.68 Å². The molecule has 2 N–H and O–H groups in total. The third-order valence-corrected chi connectivity index (χ3v) is 2.52. The van der Waals surface area contributed by atoms with Gasteiger partial charge in [-0.3, -0.25) is 4.68 Å². The molecule has 1 aromatic heterocycles. The standard InChI is InChI=1S/C12H13N3OS/c1-15-7-6-9(14-15)8-16-11-5-3-2-4-10(11)12(13)17/h2-7H,8H2,1H3,(H2,13,17). The van der Waals surface area contributed by atoms with Crippen LogP contribution in [-0.2, 0) is 13.7 Å². The molecule has 0 atom stereocenters. The summed E-state index contributed by atoms with van der Waals surface area (Å²) in [6, 6.07) is 9.36. The molecular formula is C12H13N3OS. The van der Waals surface area contributed by atoms with Crippen LogP contribution in [0.2, 0.25) is 0 Å². The Balaban J connectivity index is 2.11. The lowest BCUT2D eigenvalue weighted by Crippen LogP contribution is -2.11. The zero-order valence-electron chi connectivity index (χ0n) is 9.46. The molecule has 2 rings (SSSR count). The maximum absolute atomic E-state index is 5.65. The van der Waals surface area contributed by atoms with Gasteiger partial charge in [-0.1, -0.05) is 24.4 Å². The highest BCUT2D eigenvalue weighted by atomic mass is 32.1. The van der Waals surface area contributed by atoms with E-state index in [9.17, 15) is 0 Å². The molecule has 0 saturated carbocycles. The van der Waals surface area contributed by atoms with Crippen LogP contribution in [0.25, 0.3) is 0 Å². The first-order valence-electron chi connectivity index (χ1n) is 5.17. The molecule has 4 nitrogen and oxygen atoms in total. The number of hydrogen-bond donors (Lipinski definition) is 1. The third-order valence-electron chi connectivity index (χ3n) is 2.30. The van der Waals surface area contributed by atoms with Crippen LogP contribution in [0.15, 0.2) is 36.5 Å². The van der Waals surface area contributed by atoms with E-state index in [-0.39, 0.29) is 0 Å². The van der Waals surface area contributed by atoms with E-state index < -0.39 is 0 Å². The molecule has 17 heavy (non-hydrogen) atoms. The predicted molar refractivity (Wildman–Crippen MR) is 69.9 cm³/mol. The topological polar surface area (TPSA) is 53.1 Å². The second-order valence-electron chi connectivity index (χ2n) is 3.63. The smallest absolute Gasteiger partial charge is 0.132 e. The predicted octanol–water partition coefficient (Wildman–Crippen LogP) is 1.63. The normalized spacial score (nSPS) is 10.2. The van der Waals surface area contributed by atoms with Crippen LogP contribution in [0.5, 0.6) is 5.75 Å². The summed E-state index contributed by atoms with van der Waals surface area (Å²) in [5, 5.41) is 4.23. The monoisotopic (exact) mass is 247 g/mol. The van der Waals surface area contributed by atoms with Crippen molar-refractivity contribution in [3.05, 3.63) is 47.8 Å². The van der Waals surface area contributed by atoms with E-state index in [2.05, 4.69) is 5.10 Å². The molecule has 0 bridgehead atoms. The Hall–Kier alpha value is -1.88. The molecule has 0 aliphatic rings. The molecule has 0 spiro atoms. The minimum Gasteiger partial charge on any atom is -0.486 e. The van der Waals surface area contributed by atoms with Gasteiger partial charge in [0.25, 0.3) is 0 Å². The Morgan fingerprint density at radius 2 is 2.18 bits per heavy atom. The Kier molecular flexibility index (Phi) is 3.39. The van der Waals surface area contributed by atoms with Crippen LogP contribution in [0, 0.1) is 0 Å². The molecule has 2 aromatic rings. The lowest BCUT2D eigenvalue weighted by atomic mass is 10.2. The fourth-order valence-electron chi connectivity index (χ4n) is 1.49. The molecule has 88 valence electrons. The van der Waals surface area contributed by atoms with Gasteiger partial charge in [0.05, 0.1) is 11.3 Å². The summed E-state index contributed by atoms with van der Waals surface area (Å²) >= 11 is 4.96. The molecule has 0 saturated heterocycles. The number of nitrogens with zero attached hydrogens (tertiary/aromatic N) is 2. The van der Waals surface area contributed by atoms with Crippen LogP contribution in [-0.4, -0.2) is 14.8 Å². The molecule has 0 radical (unpaired) electrons. The third kappa shape index (κ3) is 2.82. The summed E-state index contributed by atoms with van der Waals surface area (Å²) in [7, 11) is 1.87. The minimum atomic E-state index is 0.335. The Bertz CT molecular complexity index is 536. The van der Waals surface area contributed by atoms with Crippen molar-refractivity contribution in [2.75, 3.05) is 0 Å². The zero-order valence-corrected chi connectivity index (χ0v) is 10.3. The van der Waals surface area contributed by atoms with Gasteiger partial charge in [-0.25, -0.2) is 0 Å². The van der Waals surface area contributed by atoms with Gasteiger partial charge in [0, 0.05) is 13.2 Å². The maximum Gasteiger partial charge on any atom is 0.132 e. The summed E-state index contributed by atoms with van der Waals surface area (Å²) in [4.78, 5) is 0.335. The van der Waals surface area contributed by atoms with Crippen LogP contribution < -0.4 is 10.5 Å². The van der Waals surface area contributed by atoms with Crippen molar-refractivity contribution in [2.45, 2.75) is 6.61 Å². The number of hydrogen-bond acceptors (Lipinski definition) is 3. The van der Waals surface area contributed by atoms with Gasteiger partial charge in [0.1, 0.15) is 17.3 Å². The minimum absolute atomic E-state index is 0.335. The molecule has 0 amide bonds. The summed E-state index contributed by atoms with van der Waals surface area (Å²) < 4.78 is 7.39. The van der Waals surface area contributed by atoms with Crippen molar-refractivity contribution in [3.63, 3.8) is 0 Å². The first kappa shape index (κ1) is 11.6. The Morgan fingerprint density at radius 3 is 2.82 bits per heavy atom. The van der Waals surface area contributed by atoms with Gasteiger partial charge in [-0.05, 0) is 18.2 Å². The molecule has 0 aliphatic carbocycles. The Morgan fingerprint density at radius 1 is 1.41 bits per heavy atom. The number of aryl methyl sites for hydroxylation is 1. The SMILES string of the molecule is Cn1ccc(COc2ccccc2C(N)=S)n1. The molecule has 5 heteroatoms. The highest BCUT2D eigenvalue weighted by Crippen LogP contribution is 2.18. The van der Waals surface area contributed by atoms with Gasteiger partial charge in [0.2, 0.25) is 0 Å². The van der Waals surface area contributed by atoms with Crippen LogP contribution in [0.4, 0.5) is 0 Å². The van der Waals surface area contributed by atoms with E-state index in [4.69, 9.17) is 22.7 Å². The summed E-state index contributed by atoms with van der Waals surface area (Å²) in [6.45, 7) is 0.403. The van der Waals surface area contributed by atoms with Crippen molar-refractivity contribution in [1.29, 1.82) is 0 Å². The number of benzene rings is 1. The van der Waals surface area contributed by atoms with Crippen molar-refractivity contribution in [1.82, 2.24) is 9.78 Å². The van der Waals surface area contributed by atoms with Crippen LogP contribution >= 0.6 is 12.2 Å². The lowest BCUT2D eigenvalue weighted by Gasteiger charge is -2.08. The molecule has 1 aromatic carbocycles. The number of thiocarbonyl (C=S) groups is 1. The highest BCUT2D eigenvalue weighted by molar-refractivity contribution is 7.80. The summed E-state index contributed by atoms with van der Waals surface area (Å²) in [5.41, 5.74) is 7.23. The number of rotatable bonds is 4. The average molecular weight is 247 g/mol. The molecule has 0 fully saturated rings. The second-order valence-corrected chi connectivity index (χ2v) is 4.07. The largest absolute Gasteiger partial charge is 0.486 e. The fourth-order valence-corrected chi connectivity index (χ4v) is 1.66. The number of nitrogens with two attached hydrogens (primary N) is 1. The summed E-state index contributed by atoms with van der Waals surface area (Å²) in [5.74, 6) is 0.686. The van der Waals surface area contributed by atoms with Gasteiger partial charge < -0.3 is 10.5 Å². The van der Waals surface area contributed by atoms with Crippen molar-refractivity contribution >= 4 is 17.2 Å². The molecule has 0 aliphatic heterocycles. The van der Waals surface area contributed by atoms with Crippen molar-refractivity contribution in [2.24, 2.45) is 12.8 Å². The quantitative estimate of drug-likeness (QED) is 0.834. The van der Waals surface area contributed by atoms with E-state index >= 15 is 0 Å². The van der Waals surface area contributed by atoms with Gasteiger partial charge in [0.15, 0.2) is 0 Å². The first-order valence-corrected chi connectivity index (χ1v) is 5.58. The average Bonchev–Trinajstić information content (AvgIpc) is 2.73. The Labute approximate surface area is 105 Å². The van der Waals surface area contributed by atoms with Gasteiger partial charge in [-0.2, -0.15) is 5.10 Å². The highest BCUT2D eigenvalue weighted by Gasteiger charge is 2.06. The van der Waals surface area contributed by atoms with Gasteiger partial charge in [-0.15, -0.1) is 0 Å². The van der Waals surface area contributed by atoms with Crippen LogP contribution in [0.3, 0.4) is 0 Å².